The zero-order chi connectivity index (χ0) is 9.97. The Balaban J connectivity index is 2.43. The predicted molar refractivity (Wildman–Crippen MR) is 48.1 cm³/mol. The molecule has 0 bridgehead atoms. The number of nitrogens with two attached hydrogens (primary N) is 1. The highest BCUT2D eigenvalue weighted by Crippen LogP contribution is 2.43. The summed E-state index contributed by atoms with van der Waals surface area (Å²) in [5, 5.41) is 0. The van der Waals surface area contributed by atoms with Crippen LogP contribution in [0.15, 0.2) is 12.1 Å². The average Bonchev–Trinajstić information content (AvgIpc) is 2.66. The molecule has 76 valence electrons. The molecule has 2 N–H and O–H groups in total. The van der Waals surface area contributed by atoms with Crippen molar-refractivity contribution in [2.45, 2.75) is 6.61 Å². The van der Waals surface area contributed by atoms with Gasteiger partial charge in [-0.25, -0.2) is 5.90 Å². The summed E-state index contributed by atoms with van der Waals surface area (Å²) in [5.74, 6) is 6.91. The van der Waals surface area contributed by atoms with Crippen LogP contribution in [-0.2, 0) is 11.4 Å². The Kier molecular flexibility index (Phi) is 2.43. The van der Waals surface area contributed by atoms with Gasteiger partial charge in [-0.05, 0) is 12.1 Å². The molecular formula is C9H11NO4. The van der Waals surface area contributed by atoms with Gasteiger partial charge < -0.3 is 14.2 Å². The Morgan fingerprint density at radius 3 is 3.00 bits per heavy atom. The standard InChI is InChI=1S/C9H11NO4/c1-11-8-6(4-14-10)2-3-7-9(8)13-5-12-7/h2-3H,4-5,10H2,1H3. The molecule has 0 atom stereocenters. The highest BCUT2D eigenvalue weighted by molar-refractivity contribution is 5.56. The van der Waals surface area contributed by atoms with Crippen LogP contribution in [0.3, 0.4) is 0 Å². The molecule has 2 rings (SSSR count). The molecule has 0 saturated carbocycles. The van der Waals surface area contributed by atoms with Gasteiger partial charge in [0.25, 0.3) is 0 Å². The first-order valence-electron chi connectivity index (χ1n) is 4.14. The minimum Gasteiger partial charge on any atom is -0.492 e. The van der Waals surface area contributed by atoms with Crippen LogP contribution in [-0.4, -0.2) is 13.9 Å². The Hall–Kier alpha value is -1.46. The third-order valence-corrected chi connectivity index (χ3v) is 2.02. The van der Waals surface area contributed by atoms with Gasteiger partial charge in [0.2, 0.25) is 12.5 Å². The maximum absolute atomic E-state index is 5.26. The van der Waals surface area contributed by atoms with Gasteiger partial charge in [0.15, 0.2) is 11.5 Å². The Morgan fingerprint density at radius 2 is 2.29 bits per heavy atom. The molecular weight excluding hydrogens is 186 g/mol. The molecule has 1 aliphatic heterocycles. The van der Waals surface area contributed by atoms with Gasteiger partial charge in [-0.1, -0.05) is 0 Å². The molecule has 5 nitrogen and oxygen atoms in total. The van der Waals surface area contributed by atoms with Crippen molar-refractivity contribution in [3.05, 3.63) is 17.7 Å². The first-order chi connectivity index (χ1) is 6.86. The number of fused-ring (bicyclic) bond motifs is 1. The van der Waals surface area contributed by atoms with Crippen LogP contribution in [0.4, 0.5) is 0 Å². The van der Waals surface area contributed by atoms with Gasteiger partial charge >= 0.3 is 0 Å². The van der Waals surface area contributed by atoms with Crippen LogP contribution < -0.4 is 20.1 Å². The molecule has 1 heterocycles. The maximum Gasteiger partial charge on any atom is 0.231 e. The van der Waals surface area contributed by atoms with Crippen LogP contribution in [0, 0.1) is 0 Å². The van der Waals surface area contributed by atoms with Crippen molar-refractivity contribution in [3.8, 4) is 17.2 Å². The maximum atomic E-state index is 5.26. The number of ether oxygens (including phenoxy) is 3. The molecule has 1 aliphatic rings. The van der Waals surface area contributed by atoms with E-state index in [1.165, 1.54) is 0 Å². The monoisotopic (exact) mass is 197 g/mol. The molecule has 0 unspecified atom stereocenters. The zero-order valence-electron chi connectivity index (χ0n) is 7.78. The summed E-state index contributed by atoms with van der Waals surface area (Å²) in [5.41, 5.74) is 0.833. The van der Waals surface area contributed by atoms with Crippen LogP contribution in [0.2, 0.25) is 0 Å². The first-order valence-corrected chi connectivity index (χ1v) is 4.14. The fourth-order valence-electron chi connectivity index (χ4n) is 1.41. The van der Waals surface area contributed by atoms with Crippen molar-refractivity contribution in [3.63, 3.8) is 0 Å². The molecule has 0 spiro atoms. The molecule has 0 aliphatic carbocycles. The lowest BCUT2D eigenvalue weighted by atomic mass is 10.2. The van der Waals surface area contributed by atoms with Gasteiger partial charge in [-0.3, -0.25) is 4.84 Å². The molecule has 5 heteroatoms. The van der Waals surface area contributed by atoms with Crippen molar-refractivity contribution in [2.75, 3.05) is 13.9 Å². The molecule has 1 aromatic rings. The quantitative estimate of drug-likeness (QED) is 0.726. The molecule has 0 fully saturated rings. The minimum atomic E-state index is 0.221. The molecule has 0 saturated heterocycles. The van der Waals surface area contributed by atoms with Crippen LogP contribution in [0.1, 0.15) is 5.56 Å². The van der Waals surface area contributed by atoms with Crippen LogP contribution >= 0.6 is 0 Å². The average molecular weight is 197 g/mol. The summed E-state index contributed by atoms with van der Waals surface area (Å²) in [7, 11) is 1.57. The molecule has 0 aromatic heterocycles. The third kappa shape index (κ3) is 1.36. The van der Waals surface area contributed by atoms with Crippen molar-refractivity contribution in [1.82, 2.24) is 0 Å². The van der Waals surface area contributed by atoms with Crippen molar-refractivity contribution in [1.29, 1.82) is 0 Å². The number of benzene rings is 1. The fourth-order valence-corrected chi connectivity index (χ4v) is 1.41. The van der Waals surface area contributed by atoms with E-state index >= 15 is 0 Å². The molecule has 14 heavy (non-hydrogen) atoms. The summed E-state index contributed by atoms with van der Waals surface area (Å²) < 4.78 is 15.7. The van der Waals surface area contributed by atoms with Gasteiger partial charge in [-0.2, -0.15) is 0 Å². The summed E-state index contributed by atoms with van der Waals surface area (Å²) in [6, 6.07) is 3.64. The van der Waals surface area contributed by atoms with Gasteiger partial charge in [0.1, 0.15) is 0 Å². The van der Waals surface area contributed by atoms with Crippen molar-refractivity contribution < 1.29 is 19.0 Å². The second-order valence-corrected chi connectivity index (χ2v) is 2.80. The van der Waals surface area contributed by atoms with E-state index in [-0.39, 0.29) is 13.4 Å². The lowest BCUT2D eigenvalue weighted by Crippen LogP contribution is -2.01. The Bertz CT molecular complexity index is 340. The van der Waals surface area contributed by atoms with Gasteiger partial charge in [0.05, 0.1) is 13.7 Å². The van der Waals surface area contributed by atoms with Crippen molar-refractivity contribution in [2.24, 2.45) is 5.90 Å². The van der Waals surface area contributed by atoms with Gasteiger partial charge in [-0.15, -0.1) is 0 Å². The topological polar surface area (TPSA) is 62.9 Å². The van der Waals surface area contributed by atoms with E-state index in [1.54, 1.807) is 13.2 Å². The highest BCUT2D eigenvalue weighted by Gasteiger charge is 2.21. The highest BCUT2D eigenvalue weighted by atomic mass is 16.7. The summed E-state index contributed by atoms with van der Waals surface area (Å²) >= 11 is 0. The molecule has 0 radical (unpaired) electrons. The number of rotatable bonds is 3. The van der Waals surface area contributed by atoms with E-state index in [9.17, 15) is 0 Å². The van der Waals surface area contributed by atoms with E-state index in [0.717, 1.165) is 5.56 Å². The smallest absolute Gasteiger partial charge is 0.231 e. The normalized spacial score (nSPS) is 13.0. The van der Waals surface area contributed by atoms with E-state index in [1.807, 2.05) is 6.07 Å². The molecule has 1 aromatic carbocycles. The minimum absolute atomic E-state index is 0.221. The third-order valence-electron chi connectivity index (χ3n) is 2.02. The number of methoxy groups -OCH3 is 1. The number of hydrogen-bond acceptors (Lipinski definition) is 5. The van der Waals surface area contributed by atoms with Gasteiger partial charge in [0, 0.05) is 5.56 Å². The van der Waals surface area contributed by atoms with E-state index < -0.39 is 0 Å². The lowest BCUT2D eigenvalue weighted by Gasteiger charge is -2.09. The Morgan fingerprint density at radius 1 is 1.43 bits per heavy atom. The Labute approximate surface area is 81.3 Å². The van der Waals surface area contributed by atoms with E-state index in [0.29, 0.717) is 17.2 Å². The van der Waals surface area contributed by atoms with Crippen LogP contribution in [0.25, 0.3) is 0 Å². The number of hydrogen-bond donors (Lipinski definition) is 1. The largest absolute Gasteiger partial charge is 0.492 e. The lowest BCUT2D eigenvalue weighted by molar-refractivity contribution is 0.121. The first kappa shape index (κ1) is 9.11. The predicted octanol–water partition coefficient (Wildman–Crippen LogP) is 0.814. The fraction of sp³-hybridized carbons (Fsp3) is 0.333. The zero-order valence-corrected chi connectivity index (χ0v) is 7.78. The second-order valence-electron chi connectivity index (χ2n) is 2.80. The SMILES string of the molecule is COc1c(CON)ccc2c1OCO2. The summed E-state index contributed by atoms with van der Waals surface area (Å²) in [4.78, 5) is 4.55. The summed E-state index contributed by atoms with van der Waals surface area (Å²) in [6.45, 7) is 0.498. The van der Waals surface area contributed by atoms with E-state index in [2.05, 4.69) is 4.84 Å². The van der Waals surface area contributed by atoms with Crippen molar-refractivity contribution >= 4 is 0 Å². The van der Waals surface area contributed by atoms with Crippen LogP contribution in [0.5, 0.6) is 17.2 Å². The summed E-state index contributed by atoms with van der Waals surface area (Å²) in [6.07, 6.45) is 0. The molecule has 0 amide bonds. The van der Waals surface area contributed by atoms with E-state index in [4.69, 9.17) is 20.1 Å². The second kappa shape index (κ2) is 3.73.